The van der Waals surface area contributed by atoms with Crippen LogP contribution in [0.1, 0.15) is 37.1 Å². The van der Waals surface area contributed by atoms with E-state index in [4.69, 9.17) is 5.26 Å². The highest BCUT2D eigenvalue weighted by molar-refractivity contribution is 7.73. The van der Waals surface area contributed by atoms with Crippen LogP contribution in [0.5, 0.6) is 0 Å². The Hall–Kier alpha value is -2.05. The van der Waals surface area contributed by atoms with Crippen molar-refractivity contribution in [1.29, 1.82) is 5.26 Å². The fourth-order valence-electron chi connectivity index (χ4n) is 2.71. The lowest BCUT2D eigenvalue weighted by Crippen LogP contribution is -2.37. The number of nitrogens with zero attached hydrogens (tertiary/aromatic N) is 1. The first-order valence-electron chi connectivity index (χ1n) is 7.02. The predicted octanol–water partition coefficient (Wildman–Crippen LogP) is 2.66. The number of aliphatic hydroxyl groups is 1. The van der Waals surface area contributed by atoms with Crippen molar-refractivity contribution >= 4 is 21.6 Å². The first kappa shape index (κ1) is 18.3. The molecule has 5 nitrogen and oxygen atoms in total. The van der Waals surface area contributed by atoms with Crippen molar-refractivity contribution in [3.8, 4) is 6.07 Å². The summed E-state index contributed by atoms with van der Waals surface area (Å²) in [6.07, 6.45) is -4.56. The van der Waals surface area contributed by atoms with Gasteiger partial charge >= 0.3 is 6.18 Å². The summed E-state index contributed by atoms with van der Waals surface area (Å²) < 4.78 is 61.6. The van der Waals surface area contributed by atoms with Crippen molar-refractivity contribution < 1.29 is 26.7 Å². The number of hydrogen-bond donors (Lipinski definition) is 3. The molecular weight excluding hydrogens is 345 g/mol. The number of nitriles is 1. The first-order valence-corrected chi connectivity index (χ1v) is 8.27. The fourth-order valence-corrected chi connectivity index (χ4v) is 3.56. The van der Waals surface area contributed by atoms with E-state index in [1.165, 1.54) is 19.1 Å². The molecule has 2 aromatic rings. The SMILES string of the molecule is CCC([SH](=O)=O)C(C)(O)c1cc2cc(C#N)c(C(F)(F)F)cc2[nH]1. The van der Waals surface area contributed by atoms with Gasteiger partial charge in [-0.05, 0) is 31.5 Å². The molecule has 9 heteroatoms. The lowest BCUT2D eigenvalue weighted by atomic mass is 9.96. The Bertz CT molecular complexity index is 884. The van der Waals surface area contributed by atoms with Crippen LogP contribution in [-0.2, 0) is 22.5 Å². The zero-order valence-corrected chi connectivity index (χ0v) is 13.7. The molecular formula is C15H15F3N2O3S. The van der Waals surface area contributed by atoms with Gasteiger partial charge in [-0.25, -0.2) is 8.42 Å². The van der Waals surface area contributed by atoms with Crippen LogP contribution in [0.4, 0.5) is 13.2 Å². The van der Waals surface area contributed by atoms with Crippen molar-refractivity contribution in [1.82, 2.24) is 4.98 Å². The lowest BCUT2D eigenvalue weighted by Gasteiger charge is -2.27. The molecule has 0 aliphatic rings. The monoisotopic (exact) mass is 360 g/mol. The van der Waals surface area contributed by atoms with Crippen molar-refractivity contribution in [2.24, 2.45) is 0 Å². The summed E-state index contributed by atoms with van der Waals surface area (Å²) in [6, 6.07) is 4.71. The van der Waals surface area contributed by atoms with Crippen LogP contribution in [-0.4, -0.2) is 23.8 Å². The van der Waals surface area contributed by atoms with Crippen LogP contribution in [0, 0.1) is 11.3 Å². The van der Waals surface area contributed by atoms with Crippen molar-refractivity contribution in [2.75, 3.05) is 0 Å². The number of fused-ring (bicyclic) bond motifs is 1. The highest BCUT2D eigenvalue weighted by atomic mass is 32.2. The Labute approximate surface area is 137 Å². The molecule has 1 aromatic carbocycles. The van der Waals surface area contributed by atoms with Gasteiger partial charge in [-0.1, -0.05) is 6.92 Å². The summed E-state index contributed by atoms with van der Waals surface area (Å²) in [7, 11) is -2.94. The van der Waals surface area contributed by atoms with Gasteiger partial charge < -0.3 is 10.1 Å². The minimum absolute atomic E-state index is 0.0626. The minimum Gasteiger partial charge on any atom is -0.383 e. The molecule has 0 saturated carbocycles. The van der Waals surface area contributed by atoms with Crippen LogP contribution in [0.2, 0.25) is 0 Å². The van der Waals surface area contributed by atoms with E-state index in [2.05, 4.69) is 4.98 Å². The molecule has 0 fully saturated rings. The Balaban J connectivity index is 2.66. The van der Waals surface area contributed by atoms with Gasteiger partial charge in [0.05, 0.1) is 22.4 Å². The zero-order chi connectivity index (χ0) is 18.3. The van der Waals surface area contributed by atoms with Crippen LogP contribution < -0.4 is 0 Å². The molecule has 24 heavy (non-hydrogen) atoms. The number of aromatic amines is 1. The van der Waals surface area contributed by atoms with Crippen molar-refractivity contribution in [3.05, 3.63) is 35.0 Å². The second-order valence-electron chi connectivity index (χ2n) is 5.63. The van der Waals surface area contributed by atoms with Crippen molar-refractivity contribution in [3.63, 3.8) is 0 Å². The number of H-pyrrole nitrogens is 1. The maximum Gasteiger partial charge on any atom is 0.417 e. The van der Waals surface area contributed by atoms with E-state index in [0.717, 1.165) is 12.1 Å². The normalized spacial score (nSPS) is 16.1. The van der Waals surface area contributed by atoms with Crippen LogP contribution in [0.25, 0.3) is 10.9 Å². The maximum absolute atomic E-state index is 13.0. The Morgan fingerprint density at radius 1 is 1.33 bits per heavy atom. The fraction of sp³-hybridized carbons (Fsp3) is 0.400. The quantitative estimate of drug-likeness (QED) is 0.731. The second-order valence-corrected chi connectivity index (χ2v) is 6.83. The zero-order valence-electron chi connectivity index (χ0n) is 12.8. The van der Waals surface area contributed by atoms with Gasteiger partial charge in [0.2, 0.25) is 0 Å². The average molecular weight is 360 g/mol. The van der Waals surface area contributed by atoms with Gasteiger partial charge in [-0.2, -0.15) is 18.4 Å². The topological polar surface area (TPSA) is 93.9 Å². The van der Waals surface area contributed by atoms with Crippen LogP contribution in [0.15, 0.2) is 18.2 Å². The predicted molar refractivity (Wildman–Crippen MR) is 82.0 cm³/mol. The van der Waals surface area contributed by atoms with E-state index in [0.29, 0.717) is 0 Å². The number of rotatable bonds is 4. The molecule has 2 N–H and O–H groups in total. The van der Waals surface area contributed by atoms with E-state index >= 15 is 0 Å². The number of alkyl halides is 3. The Kier molecular flexibility index (Phi) is 4.65. The lowest BCUT2D eigenvalue weighted by molar-refractivity contribution is -0.137. The van der Waals surface area contributed by atoms with Crippen LogP contribution >= 0.6 is 0 Å². The number of nitrogens with one attached hydrogen (secondary N) is 1. The van der Waals surface area contributed by atoms with E-state index in [1.54, 1.807) is 6.92 Å². The Morgan fingerprint density at radius 3 is 2.42 bits per heavy atom. The molecule has 1 aromatic heterocycles. The van der Waals surface area contributed by atoms with Gasteiger partial charge in [0.15, 0.2) is 0 Å². The summed E-state index contributed by atoms with van der Waals surface area (Å²) in [6.45, 7) is 2.87. The molecule has 0 spiro atoms. The molecule has 0 aliphatic heterocycles. The number of halogens is 3. The third kappa shape index (κ3) is 3.12. The molecule has 2 unspecified atom stereocenters. The molecule has 0 amide bonds. The van der Waals surface area contributed by atoms with Crippen LogP contribution in [0.3, 0.4) is 0 Å². The number of thiol groups is 1. The largest absolute Gasteiger partial charge is 0.417 e. The molecule has 130 valence electrons. The van der Waals surface area contributed by atoms with Crippen molar-refractivity contribution in [2.45, 2.75) is 37.3 Å². The molecule has 2 rings (SSSR count). The van der Waals surface area contributed by atoms with Gasteiger partial charge in [0.25, 0.3) is 0 Å². The highest BCUT2D eigenvalue weighted by Crippen LogP contribution is 2.36. The molecule has 0 saturated heterocycles. The average Bonchev–Trinajstić information content (AvgIpc) is 2.88. The first-order chi connectivity index (χ1) is 11.0. The highest BCUT2D eigenvalue weighted by Gasteiger charge is 2.38. The summed E-state index contributed by atoms with van der Waals surface area (Å²) in [5.74, 6) is 0. The summed E-state index contributed by atoms with van der Waals surface area (Å²) in [4.78, 5) is 2.64. The third-order valence-corrected chi connectivity index (χ3v) is 5.40. The van der Waals surface area contributed by atoms with Gasteiger partial charge in [-0.3, -0.25) is 0 Å². The summed E-state index contributed by atoms with van der Waals surface area (Å²) >= 11 is 0. The molecule has 0 radical (unpaired) electrons. The van der Waals surface area contributed by atoms with Gasteiger partial charge in [0, 0.05) is 16.6 Å². The number of benzene rings is 1. The number of aromatic nitrogens is 1. The van der Waals surface area contributed by atoms with Gasteiger partial charge in [0.1, 0.15) is 16.3 Å². The number of hydrogen-bond acceptors (Lipinski definition) is 4. The molecule has 2 atom stereocenters. The molecule has 1 heterocycles. The maximum atomic E-state index is 13.0. The molecule has 0 bridgehead atoms. The Morgan fingerprint density at radius 2 is 1.96 bits per heavy atom. The van der Waals surface area contributed by atoms with E-state index < -0.39 is 38.9 Å². The smallest absolute Gasteiger partial charge is 0.383 e. The third-order valence-electron chi connectivity index (χ3n) is 4.02. The standard InChI is InChI=1S/C15H15F3N2O3S/c1-3-13(24(22)23)14(2,21)12-5-8-4-9(7-19)10(15(16,17)18)6-11(8)20-12/h4-6,13,20-21,24H,3H2,1-2H3. The molecule has 0 aliphatic carbocycles. The van der Waals surface area contributed by atoms with E-state index in [-0.39, 0.29) is 23.0 Å². The minimum atomic E-state index is -4.70. The van der Waals surface area contributed by atoms with E-state index in [1.807, 2.05) is 0 Å². The van der Waals surface area contributed by atoms with E-state index in [9.17, 15) is 26.7 Å². The summed E-state index contributed by atoms with van der Waals surface area (Å²) in [5.41, 5.74) is -3.29. The second kappa shape index (κ2) is 6.11. The summed E-state index contributed by atoms with van der Waals surface area (Å²) in [5, 5.41) is 18.7. The van der Waals surface area contributed by atoms with Gasteiger partial charge in [-0.15, -0.1) is 0 Å².